The Morgan fingerprint density at radius 1 is 1.29 bits per heavy atom. The highest BCUT2D eigenvalue weighted by molar-refractivity contribution is 7.89. The van der Waals surface area contributed by atoms with E-state index in [9.17, 15) is 17.6 Å². The number of sulfonamides is 1. The number of amides is 1. The largest absolute Gasteiger partial charge is 0.377 e. The van der Waals surface area contributed by atoms with Crippen LogP contribution in [0, 0.1) is 12.7 Å². The molecular weight excluding hydrogens is 407 g/mol. The molecule has 0 bridgehead atoms. The van der Waals surface area contributed by atoms with Gasteiger partial charge in [-0.3, -0.25) is 4.79 Å². The van der Waals surface area contributed by atoms with Crippen molar-refractivity contribution in [2.75, 3.05) is 18.5 Å². The van der Waals surface area contributed by atoms with Crippen LogP contribution in [0.2, 0.25) is 5.02 Å². The van der Waals surface area contributed by atoms with Gasteiger partial charge in [0.05, 0.1) is 16.6 Å². The number of nitrogens with one attached hydrogen (secondary N) is 2. The van der Waals surface area contributed by atoms with Gasteiger partial charge in [0.25, 0.3) is 5.91 Å². The third-order valence-corrected chi connectivity index (χ3v) is 6.28. The molecule has 0 saturated carbocycles. The van der Waals surface area contributed by atoms with Crippen LogP contribution in [-0.4, -0.2) is 33.6 Å². The lowest BCUT2D eigenvalue weighted by Crippen LogP contribution is -2.32. The van der Waals surface area contributed by atoms with Crippen LogP contribution in [-0.2, 0) is 14.8 Å². The van der Waals surface area contributed by atoms with Gasteiger partial charge >= 0.3 is 0 Å². The number of carbonyl (C=O) groups is 1. The maximum Gasteiger partial charge on any atom is 0.258 e. The van der Waals surface area contributed by atoms with E-state index in [4.69, 9.17) is 16.3 Å². The van der Waals surface area contributed by atoms with Crippen molar-refractivity contribution in [3.63, 3.8) is 0 Å². The number of halogens is 2. The number of ether oxygens (including phenoxy) is 1. The smallest absolute Gasteiger partial charge is 0.258 e. The molecule has 9 heteroatoms. The fourth-order valence-electron chi connectivity index (χ4n) is 2.81. The molecule has 1 aliphatic rings. The lowest BCUT2D eigenvalue weighted by atomic mass is 10.2. The zero-order valence-electron chi connectivity index (χ0n) is 15.2. The minimum atomic E-state index is -3.90. The Balaban J connectivity index is 1.77. The molecule has 1 amide bonds. The number of aryl methyl sites for hydroxylation is 1. The topological polar surface area (TPSA) is 84.5 Å². The molecule has 0 aromatic heterocycles. The van der Waals surface area contributed by atoms with E-state index in [0.717, 1.165) is 36.6 Å². The summed E-state index contributed by atoms with van der Waals surface area (Å²) in [6, 6.07) is 7.96. The van der Waals surface area contributed by atoms with Crippen molar-refractivity contribution in [3.05, 3.63) is 58.4 Å². The average molecular weight is 427 g/mol. The summed E-state index contributed by atoms with van der Waals surface area (Å²) in [5.41, 5.74) is 0.831. The van der Waals surface area contributed by atoms with E-state index in [2.05, 4.69) is 10.0 Å². The van der Waals surface area contributed by atoms with Gasteiger partial charge in [0.15, 0.2) is 0 Å². The van der Waals surface area contributed by atoms with Gasteiger partial charge in [-0.25, -0.2) is 17.5 Å². The summed E-state index contributed by atoms with van der Waals surface area (Å²) in [4.78, 5) is 12.3. The summed E-state index contributed by atoms with van der Waals surface area (Å²) in [6.07, 6.45) is 1.49. The van der Waals surface area contributed by atoms with Crippen molar-refractivity contribution in [2.24, 2.45) is 0 Å². The van der Waals surface area contributed by atoms with Gasteiger partial charge in [-0.05, 0) is 55.7 Å². The van der Waals surface area contributed by atoms with Gasteiger partial charge in [-0.2, -0.15) is 0 Å². The molecule has 1 aliphatic heterocycles. The number of carbonyl (C=O) groups excluding carboxylic acids is 1. The van der Waals surface area contributed by atoms with Crippen molar-refractivity contribution >= 4 is 33.2 Å². The Morgan fingerprint density at radius 3 is 2.75 bits per heavy atom. The van der Waals surface area contributed by atoms with Crippen molar-refractivity contribution in [3.8, 4) is 0 Å². The first-order valence-corrected chi connectivity index (χ1v) is 10.6. The highest BCUT2D eigenvalue weighted by atomic mass is 35.5. The summed E-state index contributed by atoms with van der Waals surface area (Å²) in [6.45, 7) is 2.55. The third-order valence-electron chi connectivity index (χ3n) is 4.45. The molecule has 3 rings (SSSR count). The Labute approximate surface area is 168 Å². The first-order valence-electron chi connectivity index (χ1n) is 8.74. The fraction of sp³-hybridized carbons (Fsp3) is 0.316. The van der Waals surface area contributed by atoms with Crippen molar-refractivity contribution in [1.29, 1.82) is 0 Å². The van der Waals surface area contributed by atoms with E-state index >= 15 is 0 Å². The summed E-state index contributed by atoms with van der Waals surface area (Å²) < 4.78 is 46.9. The predicted octanol–water partition coefficient (Wildman–Crippen LogP) is 3.50. The zero-order chi connectivity index (χ0) is 20.3. The quantitative estimate of drug-likeness (QED) is 0.740. The van der Waals surface area contributed by atoms with Crippen LogP contribution in [0.25, 0.3) is 0 Å². The average Bonchev–Trinajstić information content (AvgIpc) is 3.17. The van der Waals surface area contributed by atoms with Crippen LogP contribution in [0.5, 0.6) is 0 Å². The molecule has 0 spiro atoms. The first kappa shape index (κ1) is 20.7. The molecule has 2 aromatic carbocycles. The van der Waals surface area contributed by atoms with Crippen LogP contribution in [0.15, 0.2) is 41.3 Å². The molecular formula is C19H20ClFN2O4S. The molecule has 1 saturated heterocycles. The van der Waals surface area contributed by atoms with Gasteiger partial charge in [0, 0.05) is 23.9 Å². The molecule has 2 N–H and O–H groups in total. The van der Waals surface area contributed by atoms with E-state index in [1.54, 1.807) is 12.1 Å². The summed E-state index contributed by atoms with van der Waals surface area (Å²) in [5, 5.41) is 2.98. The van der Waals surface area contributed by atoms with Crippen LogP contribution >= 0.6 is 11.6 Å². The normalized spacial score (nSPS) is 16.9. The predicted molar refractivity (Wildman–Crippen MR) is 105 cm³/mol. The number of benzene rings is 2. The fourth-order valence-corrected chi connectivity index (χ4v) is 4.08. The van der Waals surface area contributed by atoms with Crippen LogP contribution < -0.4 is 10.0 Å². The molecule has 1 atom stereocenters. The van der Waals surface area contributed by atoms with Crippen molar-refractivity contribution in [2.45, 2.75) is 30.8 Å². The SMILES string of the molecule is Cc1ccc(NC(=O)c2cc(S(=O)(=O)NCC3CCCO3)ccc2F)cc1Cl. The first-order chi connectivity index (χ1) is 13.3. The van der Waals surface area contributed by atoms with E-state index in [1.165, 1.54) is 6.07 Å². The highest BCUT2D eigenvalue weighted by Crippen LogP contribution is 2.22. The standard InChI is InChI=1S/C19H20ClFN2O4S/c1-12-4-5-13(9-17(12)20)23-19(24)16-10-15(6-7-18(16)21)28(25,26)22-11-14-3-2-8-27-14/h4-7,9-10,14,22H,2-3,8,11H2,1H3,(H,23,24). The lowest BCUT2D eigenvalue weighted by molar-refractivity contribution is 0.102. The minimum absolute atomic E-state index is 0.128. The molecule has 28 heavy (non-hydrogen) atoms. The van der Waals surface area contributed by atoms with Gasteiger partial charge in [-0.15, -0.1) is 0 Å². The molecule has 0 radical (unpaired) electrons. The van der Waals surface area contributed by atoms with E-state index in [0.29, 0.717) is 17.3 Å². The third kappa shape index (κ3) is 4.88. The molecule has 1 heterocycles. The Kier molecular flexibility index (Phi) is 6.34. The molecule has 1 fully saturated rings. The number of rotatable bonds is 6. The number of hydrogen-bond donors (Lipinski definition) is 2. The van der Waals surface area contributed by atoms with Crippen LogP contribution in [0.1, 0.15) is 28.8 Å². The minimum Gasteiger partial charge on any atom is -0.377 e. The van der Waals surface area contributed by atoms with E-state index < -0.39 is 21.7 Å². The molecule has 6 nitrogen and oxygen atoms in total. The lowest BCUT2D eigenvalue weighted by Gasteiger charge is -2.13. The monoisotopic (exact) mass is 426 g/mol. The van der Waals surface area contributed by atoms with Crippen molar-refractivity contribution in [1.82, 2.24) is 4.72 Å². The highest BCUT2D eigenvalue weighted by Gasteiger charge is 2.22. The Hall–Kier alpha value is -2.00. The Morgan fingerprint density at radius 2 is 2.07 bits per heavy atom. The van der Waals surface area contributed by atoms with Gasteiger partial charge in [0.1, 0.15) is 5.82 Å². The van der Waals surface area contributed by atoms with Crippen LogP contribution in [0.3, 0.4) is 0 Å². The zero-order valence-corrected chi connectivity index (χ0v) is 16.7. The molecule has 150 valence electrons. The van der Waals surface area contributed by atoms with E-state index in [-0.39, 0.29) is 23.1 Å². The van der Waals surface area contributed by atoms with Crippen molar-refractivity contribution < 1.29 is 22.3 Å². The second-order valence-electron chi connectivity index (χ2n) is 6.55. The number of hydrogen-bond acceptors (Lipinski definition) is 4. The van der Waals surface area contributed by atoms with Gasteiger partial charge in [-0.1, -0.05) is 17.7 Å². The second kappa shape index (κ2) is 8.57. The van der Waals surface area contributed by atoms with Crippen LogP contribution in [0.4, 0.5) is 10.1 Å². The summed E-state index contributed by atoms with van der Waals surface area (Å²) >= 11 is 6.03. The van der Waals surface area contributed by atoms with E-state index in [1.807, 2.05) is 6.92 Å². The molecule has 1 unspecified atom stereocenters. The van der Waals surface area contributed by atoms with Gasteiger partial charge in [0.2, 0.25) is 10.0 Å². The molecule has 2 aromatic rings. The second-order valence-corrected chi connectivity index (χ2v) is 8.72. The Bertz CT molecular complexity index is 991. The maximum absolute atomic E-state index is 14.2. The van der Waals surface area contributed by atoms with Gasteiger partial charge < -0.3 is 10.1 Å². The summed E-state index contributed by atoms with van der Waals surface area (Å²) in [7, 11) is -3.90. The number of anilines is 1. The maximum atomic E-state index is 14.2. The summed E-state index contributed by atoms with van der Waals surface area (Å²) in [5.74, 6) is -1.60. The molecule has 0 aliphatic carbocycles.